The fourth-order valence-corrected chi connectivity index (χ4v) is 4.49. The van der Waals surface area contributed by atoms with Crippen LogP contribution in [-0.2, 0) is 21.0 Å². The van der Waals surface area contributed by atoms with E-state index in [-0.39, 0.29) is 6.04 Å². The van der Waals surface area contributed by atoms with Gasteiger partial charge in [0.2, 0.25) is 0 Å². The van der Waals surface area contributed by atoms with Crippen molar-refractivity contribution in [3.8, 4) is 0 Å². The van der Waals surface area contributed by atoms with E-state index in [1.807, 2.05) is 47.2 Å². The van der Waals surface area contributed by atoms with Crippen molar-refractivity contribution in [3.05, 3.63) is 54.5 Å². The second kappa shape index (κ2) is 8.07. The molecule has 0 saturated heterocycles. The number of anilines is 1. The minimum absolute atomic E-state index is 0.0936. The third-order valence-corrected chi connectivity index (χ3v) is 6.25. The zero-order valence-electron chi connectivity index (χ0n) is 15.9. The van der Waals surface area contributed by atoms with Gasteiger partial charge in [0.05, 0.1) is 24.6 Å². The lowest BCUT2D eigenvalue weighted by Crippen LogP contribution is -2.40. The van der Waals surface area contributed by atoms with Crippen LogP contribution in [0.4, 0.5) is 5.82 Å². The summed E-state index contributed by atoms with van der Waals surface area (Å²) in [5, 5.41) is 14.5. The molecule has 0 spiro atoms. The van der Waals surface area contributed by atoms with Gasteiger partial charge in [-0.05, 0) is 24.5 Å². The Bertz CT molecular complexity index is 1090. The molecular formula is C19H23N5O4S. The highest BCUT2D eigenvalue weighted by molar-refractivity contribution is 7.84. The van der Waals surface area contributed by atoms with Gasteiger partial charge < -0.3 is 15.0 Å². The van der Waals surface area contributed by atoms with E-state index in [1.54, 1.807) is 0 Å². The van der Waals surface area contributed by atoms with Crippen molar-refractivity contribution in [3.63, 3.8) is 0 Å². The molecule has 0 unspecified atom stereocenters. The maximum atomic E-state index is 11.7. The Labute approximate surface area is 169 Å². The van der Waals surface area contributed by atoms with E-state index >= 15 is 0 Å². The summed E-state index contributed by atoms with van der Waals surface area (Å²) >= 11 is 0. The average molecular weight is 417 g/mol. The number of fused-ring (bicyclic) bond motifs is 1. The Morgan fingerprint density at radius 1 is 1.21 bits per heavy atom. The van der Waals surface area contributed by atoms with Crippen LogP contribution in [0.15, 0.2) is 48.9 Å². The second-order valence-electron chi connectivity index (χ2n) is 7.06. The summed E-state index contributed by atoms with van der Waals surface area (Å²) in [7, 11) is -2.78. The number of nitrogens with zero attached hydrogens (tertiary/aromatic N) is 3. The summed E-state index contributed by atoms with van der Waals surface area (Å²) in [6.45, 7) is 0.640. The summed E-state index contributed by atoms with van der Waals surface area (Å²) in [5.41, 5.74) is 1.88. The minimum Gasteiger partial charge on any atom is -0.391 e. The van der Waals surface area contributed by atoms with Gasteiger partial charge in [0.15, 0.2) is 0 Å². The van der Waals surface area contributed by atoms with Crippen LogP contribution in [0, 0.1) is 0 Å². The predicted molar refractivity (Wildman–Crippen MR) is 108 cm³/mol. The van der Waals surface area contributed by atoms with Crippen LogP contribution in [0.3, 0.4) is 0 Å². The minimum atomic E-state index is -3.87. The Kier molecular flexibility index (Phi) is 5.50. The van der Waals surface area contributed by atoms with Crippen molar-refractivity contribution < 1.29 is 17.7 Å². The van der Waals surface area contributed by atoms with E-state index in [0.29, 0.717) is 19.4 Å². The summed E-state index contributed by atoms with van der Waals surface area (Å²) < 4.78 is 32.1. The number of benzene rings is 1. The van der Waals surface area contributed by atoms with Gasteiger partial charge in [-0.25, -0.2) is 9.97 Å². The summed E-state index contributed by atoms with van der Waals surface area (Å²) in [5.74, 6) is 0.729. The van der Waals surface area contributed by atoms with Crippen molar-refractivity contribution in [2.24, 2.45) is 0 Å². The Morgan fingerprint density at radius 3 is 2.76 bits per heavy atom. The first-order chi connectivity index (χ1) is 14.0. The van der Waals surface area contributed by atoms with Gasteiger partial charge in [-0.15, -0.1) is 0 Å². The van der Waals surface area contributed by atoms with Crippen molar-refractivity contribution in [2.45, 2.75) is 37.6 Å². The van der Waals surface area contributed by atoms with Crippen molar-refractivity contribution >= 4 is 27.2 Å². The quantitative estimate of drug-likeness (QED) is 0.534. The molecule has 0 amide bonds. The number of nitrogens with one attached hydrogen (secondary N) is 2. The fourth-order valence-electron chi connectivity index (χ4n) is 3.76. The van der Waals surface area contributed by atoms with Crippen molar-refractivity contribution in [2.75, 3.05) is 12.4 Å². The van der Waals surface area contributed by atoms with Crippen LogP contribution in [0.1, 0.15) is 24.4 Å². The molecule has 1 fully saturated rings. The second-order valence-corrected chi connectivity index (χ2v) is 8.54. The van der Waals surface area contributed by atoms with E-state index in [1.165, 1.54) is 6.33 Å². The third kappa shape index (κ3) is 4.25. The Morgan fingerprint density at radius 2 is 2.00 bits per heavy atom. The molecule has 1 aliphatic rings. The van der Waals surface area contributed by atoms with E-state index in [9.17, 15) is 13.5 Å². The number of hydrogen-bond donors (Lipinski definition) is 3. The first kappa shape index (κ1) is 19.8. The maximum Gasteiger partial charge on any atom is 0.335 e. The molecule has 3 aromatic rings. The van der Waals surface area contributed by atoms with Gasteiger partial charge in [0.25, 0.3) is 0 Å². The predicted octanol–water partition coefficient (Wildman–Crippen LogP) is 1.59. The number of aliphatic hydroxyl groups excluding tert-OH is 1. The zero-order valence-corrected chi connectivity index (χ0v) is 16.7. The molecule has 1 aliphatic carbocycles. The van der Waals surface area contributed by atoms with Gasteiger partial charge in [0, 0.05) is 18.8 Å². The molecule has 0 bridgehead atoms. The third-order valence-electron chi connectivity index (χ3n) is 5.22. The SMILES string of the molecule is COS(=O)(=O)N[C@H]1C[C@@H](n2ccc3c(NCc4ccccc4)ncnc32)C[C@@H]1O. The largest absolute Gasteiger partial charge is 0.391 e. The van der Waals surface area contributed by atoms with E-state index < -0.39 is 22.4 Å². The highest BCUT2D eigenvalue weighted by Crippen LogP contribution is 2.34. The monoisotopic (exact) mass is 417 g/mol. The van der Waals surface area contributed by atoms with Crippen LogP contribution >= 0.6 is 0 Å². The van der Waals surface area contributed by atoms with Crippen LogP contribution in [0.25, 0.3) is 11.0 Å². The number of aliphatic hydroxyl groups is 1. The highest BCUT2D eigenvalue weighted by atomic mass is 32.2. The van der Waals surface area contributed by atoms with E-state index in [0.717, 1.165) is 29.5 Å². The van der Waals surface area contributed by atoms with Crippen LogP contribution in [0.2, 0.25) is 0 Å². The molecule has 0 aliphatic heterocycles. The molecule has 154 valence electrons. The smallest absolute Gasteiger partial charge is 0.335 e. The molecule has 2 heterocycles. The summed E-state index contributed by atoms with van der Waals surface area (Å²) in [6, 6.07) is 11.3. The highest BCUT2D eigenvalue weighted by Gasteiger charge is 2.37. The normalized spacial score (nSPS) is 22.2. The number of hydrogen-bond acceptors (Lipinski definition) is 7. The van der Waals surface area contributed by atoms with Crippen LogP contribution in [0.5, 0.6) is 0 Å². The van der Waals surface area contributed by atoms with Crippen molar-refractivity contribution in [1.82, 2.24) is 19.3 Å². The van der Waals surface area contributed by atoms with Crippen LogP contribution < -0.4 is 10.0 Å². The molecule has 2 aromatic heterocycles. The Hall–Kier alpha value is -2.53. The number of aromatic nitrogens is 3. The lowest BCUT2D eigenvalue weighted by Gasteiger charge is -2.15. The lowest BCUT2D eigenvalue weighted by atomic mass is 10.2. The molecule has 29 heavy (non-hydrogen) atoms. The van der Waals surface area contributed by atoms with Gasteiger partial charge in [0.1, 0.15) is 17.8 Å². The summed E-state index contributed by atoms with van der Waals surface area (Å²) in [6.07, 6.45) is 3.45. The topological polar surface area (TPSA) is 118 Å². The molecule has 1 aromatic carbocycles. The average Bonchev–Trinajstić information content (AvgIpc) is 3.31. The maximum absolute atomic E-state index is 11.7. The molecule has 3 N–H and O–H groups in total. The lowest BCUT2D eigenvalue weighted by molar-refractivity contribution is 0.154. The molecule has 4 rings (SSSR count). The molecule has 0 radical (unpaired) electrons. The summed E-state index contributed by atoms with van der Waals surface area (Å²) in [4.78, 5) is 8.77. The molecular weight excluding hydrogens is 394 g/mol. The number of rotatable bonds is 7. The standard InChI is InChI=1S/C19H23N5O4S/c1-28-29(26,27)23-16-9-14(10-17(16)25)24-8-7-15-18(21-12-22-19(15)24)20-11-13-5-3-2-4-6-13/h2-8,12,14,16-17,23,25H,9-11H2,1H3,(H,20,21,22)/t14-,16+,17+/m1/s1. The van der Waals surface area contributed by atoms with Gasteiger partial charge in [-0.3, -0.25) is 4.18 Å². The molecule has 1 saturated carbocycles. The van der Waals surface area contributed by atoms with Gasteiger partial charge >= 0.3 is 10.3 Å². The first-order valence-electron chi connectivity index (χ1n) is 9.32. The van der Waals surface area contributed by atoms with E-state index in [2.05, 4.69) is 24.2 Å². The molecule has 3 atom stereocenters. The Balaban J connectivity index is 1.53. The van der Waals surface area contributed by atoms with Gasteiger partial charge in [-0.1, -0.05) is 30.3 Å². The fraction of sp³-hybridized carbons (Fsp3) is 0.368. The molecule has 10 heteroatoms. The zero-order chi connectivity index (χ0) is 20.4. The van der Waals surface area contributed by atoms with E-state index in [4.69, 9.17) is 0 Å². The van der Waals surface area contributed by atoms with Crippen molar-refractivity contribution in [1.29, 1.82) is 0 Å². The van der Waals surface area contributed by atoms with Gasteiger partial charge in [-0.2, -0.15) is 13.1 Å². The molecule has 9 nitrogen and oxygen atoms in total. The first-order valence-corrected chi connectivity index (χ1v) is 10.7. The van der Waals surface area contributed by atoms with Crippen LogP contribution in [-0.4, -0.2) is 47.3 Å².